The summed E-state index contributed by atoms with van der Waals surface area (Å²) in [5.74, 6) is 2.22. The van der Waals surface area contributed by atoms with Crippen LogP contribution in [-0.4, -0.2) is 11.9 Å². The highest BCUT2D eigenvalue weighted by molar-refractivity contribution is 5.76. The topological polar surface area (TPSA) is 68.3 Å². The summed E-state index contributed by atoms with van der Waals surface area (Å²) in [7, 11) is 0. The third-order valence-electron chi connectivity index (χ3n) is 2.90. The molecule has 1 aromatic heterocycles. The summed E-state index contributed by atoms with van der Waals surface area (Å²) < 4.78 is 5.35. The van der Waals surface area contributed by atoms with E-state index in [1.54, 1.807) is 0 Å². The molecule has 1 aromatic rings. The Morgan fingerprint density at radius 2 is 2.38 bits per heavy atom. The first kappa shape index (κ1) is 11.2. The van der Waals surface area contributed by atoms with E-state index in [1.165, 1.54) is 12.8 Å². The Bertz CT molecular complexity index is 369. The molecule has 0 radical (unpaired) electrons. The second-order valence-corrected chi connectivity index (χ2v) is 4.49. The molecule has 1 aliphatic carbocycles. The fourth-order valence-corrected chi connectivity index (χ4v) is 1.74. The van der Waals surface area contributed by atoms with Crippen LogP contribution in [0.4, 0.5) is 0 Å². The number of furan rings is 1. The van der Waals surface area contributed by atoms with Gasteiger partial charge < -0.3 is 15.5 Å². The molecule has 1 aliphatic rings. The molecular formula is C12H18N2O2. The fourth-order valence-electron chi connectivity index (χ4n) is 1.74. The zero-order valence-electron chi connectivity index (χ0n) is 9.53. The lowest BCUT2D eigenvalue weighted by Gasteiger charge is -2.09. The van der Waals surface area contributed by atoms with Gasteiger partial charge in [-0.25, -0.2) is 0 Å². The van der Waals surface area contributed by atoms with Crippen LogP contribution >= 0.6 is 0 Å². The van der Waals surface area contributed by atoms with Crippen molar-refractivity contribution in [1.82, 2.24) is 5.32 Å². The molecule has 1 fully saturated rings. The summed E-state index contributed by atoms with van der Waals surface area (Å²) in [4.78, 5) is 11.5. The van der Waals surface area contributed by atoms with Crippen LogP contribution in [0.25, 0.3) is 0 Å². The molecule has 16 heavy (non-hydrogen) atoms. The second kappa shape index (κ2) is 4.70. The lowest BCUT2D eigenvalue weighted by molar-refractivity contribution is -0.121. The minimum Gasteiger partial charge on any atom is -0.465 e. The van der Waals surface area contributed by atoms with Crippen molar-refractivity contribution in [1.29, 1.82) is 0 Å². The van der Waals surface area contributed by atoms with Crippen LogP contribution in [-0.2, 0) is 11.3 Å². The van der Waals surface area contributed by atoms with Crippen molar-refractivity contribution >= 4 is 5.91 Å². The third kappa shape index (κ3) is 3.10. The van der Waals surface area contributed by atoms with E-state index in [4.69, 9.17) is 10.2 Å². The Kier molecular flexibility index (Phi) is 3.29. The van der Waals surface area contributed by atoms with Crippen LogP contribution in [0.3, 0.4) is 0 Å². The average Bonchev–Trinajstić information content (AvgIpc) is 3.00. The van der Waals surface area contributed by atoms with E-state index in [1.807, 2.05) is 19.1 Å². The highest BCUT2D eigenvalue weighted by atomic mass is 16.3. The molecule has 1 heterocycles. The van der Waals surface area contributed by atoms with Gasteiger partial charge in [0.05, 0.1) is 6.54 Å². The molecule has 0 bridgehead atoms. The van der Waals surface area contributed by atoms with Crippen LogP contribution in [0.2, 0.25) is 0 Å². The standard InChI is InChI=1S/C12H18N2O2/c1-8-2-5-10(16-8)7-14-12(15)6-11(13)9-3-4-9/h2,5,9,11H,3-4,6-7,13H2,1H3,(H,14,15). The minimum absolute atomic E-state index is 0.00783. The first-order valence-electron chi connectivity index (χ1n) is 5.73. The molecule has 3 N–H and O–H groups in total. The molecule has 1 atom stereocenters. The van der Waals surface area contributed by atoms with E-state index in [0.717, 1.165) is 11.5 Å². The van der Waals surface area contributed by atoms with Crippen molar-refractivity contribution in [3.8, 4) is 0 Å². The average molecular weight is 222 g/mol. The van der Waals surface area contributed by atoms with E-state index in [-0.39, 0.29) is 11.9 Å². The summed E-state index contributed by atoms with van der Waals surface area (Å²) in [6.07, 6.45) is 2.77. The molecule has 88 valence electrons. The molecule has 0 spiro atoms. The van der Waals surface area contributed by atoms with Crippen LogP contribution in [0, 0.1) is 12.8 Å². The summed E-state index contributed by atoms with van der Waals surface area (Å²) in [5.41, 5.74) is 5.87. The predicted molar refractivity (Wildman–Crippen MR) is 60.6 cm³/mol. The summed E-state index contributed by atoms with van der Waals surface area (Å²) in [6, 6.07) is 3.78. The number of rotatable bonds is 5. The molecule has 1 saturated carbocycles. The van der Waals surface area contributed by atoms with Gasteiger partial charge in [-0.1, -0.05) is 0 Å². The van der Waals surface area contributed by atoms with E-state index in [9.17, 15) is 4.79 Å². The van der Waals surface area contributed by atoms with Gasteiger partial charge in [-0.05, 0) is 37.8 Å². The molecule has 4 heteroatoms. The van der Waals surface area contributed by atoms with Gasteiger partial charge in [-0.3, -0.25) is 4.79 Å². The summed E-state index contributed by atoms with van der Waals surface area (Å²) in [6.45, 7) is 2.33. The normalized spacial score (nSPS) is 17.1. The third-order valence-corrected chi connectivity index (χ3v) is 2.90. The molecule has 4 nitrogen and oxygen atoms in total. The highest BCUT2D eigenvalue weighted by Gasteiger charge is 2.29. The number of nitrogens with two attached hydrogens (primary N) is 1. The van der Waals surface area contributed by atoms with Gasteiger partial charge in [0, 0.05) is 12.5 Å². The minimum atomic E-state index is 0.00783. The van der Waals surface area contributed by atoms with E-state index >= 15 is 0 Å². The maximum Gasteiger partial charge on any atom is 0.221 e. The quantitative estimate of drug-likeness (QED) is 0.789. The predicted octanol–water partition coefficient (Wildman–Crippen LogP) is 1.33. The van der Waals surface area contributed by atoms with Crippen molar-refractivity contribution in [2.75, 3.05) is 0 Å². The SMILES string of the molecule is Cc1ccc(CNC(=O)CC(N)C2CC2)o1. The Balaban J connectivity index is 1.70. The van der Waals surface area contributed by atoms with Crippen LogP contribution in [0.5, 0.6) is 0 Å². The second-order valence-electron chi connectivity index (χ2n) is 4.49. The van der Waals surface area contributed by atoms with Crippen molar-refractivity contribution in [3.05, 3.63) is 23.7 Å². The number of aryl methyl sites for hydroxylation is 1. The molecule has 0 saturated heterocycles. The van der Waals surface area contributed by atoms with Crippen molar-refractivity contribution < 1.29 is 9.21 Å². The lowest BCUT2D eigenvalue weighted by atomic mass is 10.1. The van der Waals surface area contributed by atoms with Crippen molar-refractivity contribution in [2.45, 2.75) is 38.8 Å². The van der Waals surface area contributed by atoms with Gasteiger partial charge in [0.2, 0.25) is 5.91 Å². The van der Waals surface area contributed by atoms with Gasteiger partial charge in [0.15, 0.2) is 0 Å². The highest BCUT2D eigenvalue weighted by Crippen LogP contribution is 2.32. The molecule has 1 unspecified atom stereocenters. The Labute approximate surface area is 95.2 Å². The van der Waals surface area contributed by atoms with E-state index in [0.29, 0.717) is 18.9 Å². The summed E-state index contributed by atoms with van der Waals surface area (Å²) >= 11 is 0. The van der Waals surface area contributed by atoms with Crippen LogP contribution < -0.4 is 11.1 Å². The largest absolute Gasteiger partial charge is 0.465 e. The fraction of sp³-hybridized carbons (Fsp3) is 0.583. The number of carbonyl (C=O) groups excluding carboxylic acids is 1. The smallest absolute Gasteiger partial charge is 0.221 e. The lowest BCUT2D eigenvalue weighted by Crippen LogP contribution is -2.32. The van der Waals surface area contributed by atoms with E-state index in [2.05, 4.69) is 5.32 Å². The maximum atomic E-state index is 11.5. The Morgan fingerprint density at radius 3 is 2.94 bits per heavy atom. The van der Waals surface area contributed by atoms with Gasteiger partial charge in [0.1, 0.15) is 11.5 Å². The van der Waals surface area contributed by atoms with Crippen LogP contribution in [0.15, 0.2) is 16.5 Å². The van der Waals surface area contributed by atoms with Gasteiger partial charge in [-0.2, -0.15) is 0 Å². The van der Waals surface area contributed by atoms with Gasteiger partial charge >= 0.3 is 0 Å². The Morgan fingerprint density at radius 1 is 1.62 bits per heavy atom. The molecule has 0 aromatic carbocycles. The first-order chi connectivity index (χ1) is 7.65. The number of carbonyl (C=O) groups is 1. The number of amides is 1. The number of hydrogen-bond donors (Lipinski definition) is 2. The molecule has 2 rings (SSSR count). The van der Waals surface area contributed by atoms with Crippen LogP contribution in [0.1, 0.15) is 30.8 Å². The van der Waals surface area contributed by atoms with Gasteiger partial charge in [-0.15, -0.1) is 0 Å². The molecule has 1 amide bonds. The van der Waals surface area contributed by atoms with Gasteiger partial charge in [0.25, 0.3) is 0 Å². The monoisotopic (exact) mass is 222 g/mol. The first-order valence-corrected chi connectivity index (χ1v) is 5.73. The Hall–Kier alpha value is -1.29. The maximum absolute atomic E-state index is 11.5. The molecular weight excluding hydrogens is 204 g/mol. The summed E-state index contributed by atoms with van der Waals surface area (Å²) in [5, 5.41) is 2.81. The number of hydrogen-bond acceptors (Lipinski definition) is 3. The van der Waals surface area contributed by atoms with E-state index < -0.39 is 0 Å². The molecule has 0 aliphatic heterocycles. The zero-order chi connectivity index (χ0) is 11.5. The zero-order valence-corrected chi connectivity index (χ0v) is 9.53. The van der Waals surface area contributed by atoms with Crippen molar-refractivity contribution in [3.63, 3.8) is 0 Å². The van der Waals surface area contributed by atoms with Crippen molar-refractivity contribution in [2.24, 2.45) is 11.7 Å². The number of nitrogens with one attached hydrogen (secondary N) is 1.